The van der Waals surface area contributed by atoms with Crippen LogP contribution in [0.1, 0.15) is 41.1 Å². The van der Waals surface area contributed by atoms with Crippen LogP contribution in [-0.4, -0.2) is 66.3 Å². The molecule has 3 unspecified atom stereocenters. The molecule has 1 N–H and O–H groups in total. The number of aryl methyl sites for hydroxylation is 2. The average Bonchev–Trinajstić information content (AvgIpc) is 3.32. The molecule has 6 heterocycles. The summed E-state index contributed by atoms with van der Waals surface area (Å²) in [5.41, 5.74) is 1.53. The first kappa shape index (κ1) is 20.1. The number of amides is 2. The van der Waals surface area contributed by atoms with Gasteiger partial charge in [-0.25, -0.2) is 9.97 Å². The summed E-state index contributed by atoms with van der Waals surface area (Å²) in [7, 11) is 0. The van der Waals surface area contributed by atoms with Gasteiger partial charge in [-0.05, 0) is 38.3 Å². The second-order valence-electron chi connectivity index (χ2n) is 9.49. The Hall–Kier alpha value is -3.49. The number of aromatic nitrogens is 4. The van der Waals surface area contributed by atoms with E-state index in [4.69, 9.17) is 0 Å². The Balaban J connectivity index is 1.18. The van der Waals surface area contributed by atoms with E-state index in [0.717, 1.165) is 37.3 Å². The van der Waals surface area contributed by atoms with Crippen LogP contribution >= 0.6 is 0 Å². The van der Waals surface area contributed by atoms with Crippen molar-refractivity contribution in [1.82, 2.24) is 29.3 Å². The molecule has 2 bridgehead atoms. The third-order valence-electron chi connectivity index (χ3n) is 7.36. The molecule has 0 saturated carbocycles. The zero-order valence-electron chi connectivity index (χ0n) is 18.5. The Labute approximate surface area is 190 Å². The van der Waals surface area contributed by atoms with Gasteiger partial charge in [0.05, 0.1) is 11.3 Å². The molecule has 0 radical (unpaired) electrons. The molecule has 0 spiro atoms. The summed E-state index contributed by atoms with van der Waals surface area (Å²) in [4.78, 5) is 54.0. The number of aromatic amines is 1. The summed E-state index contributed by atoms with van der Waals surface area (Å²) in [5, 5.41) is 0.646. The lowest BCUT2D eigenvalue weighted by Crippen LogP contribution is -2.58. The molecule has 0 aliphatic carbocycles. The number of hydrogen-bond donors (Lipinski definition) is 1. The van der Waals surface area contributed by atoms with E-state index in [1.807, 2.05) is 11.8 Å². The first-order chi connectivity index (χ1) is 16.0. The van der Waals surface area contributed by atoms with Gasteiger partial charge in [0.25, 0.3) is 11.5 Å². The Morgan fingerprint density at radius 1 is 1.15 bits per heavy atom. The lowest BCUT2D eigenvalue weighted by atomic mass is 9.95. The van der Waals surface area contributed by atoms with Crippen molar-refractivity contribution in [2.75, 3.05) is 13.1 Å². The second kappa shape index (κ2) is 7.54. The van der Waals surface area contributed by atoms with E-state index < -0.39 is 0 Å². The Morgan fingerprint density at radius 2 is 1.94 bits per heavy atom. The predicted octanol–water partition coefficient (Wildman–Crippen LogP) is 1.51. The monoisotopic (exact) mass is 446 g/mol. The van der Waals surface area contributed by atoms with Crippen LogP contribution in [0.2, 0.25) is 0 Å². The molecular formula is C24H26N6O3. The molecule has 9 heteroatoms. The number of piperazine rings is 1. The van der Waals surface area contributed by atoms with Gasteiger partial charge in [0.15, 0.2) is 0 Å². The van der Waals surface area contributed by atoms with E-state index in [0.29, 0.717) is 36.0 Å². The van der Waals surface area contributed by atoms with Gasteiger partial charge < -0.3 is 19.4 Å². The summed E-state index contributed by atoms with van der Waals surface area (Å²) < 4.78 is 2.16. The molecule has 0 aromatic carbocycles. The second-order valence-corrected chi connectivity index (χ2v) is 9.49. The van der Waals surface area contributed by atoms with Crippen LogP contribution in [0.5, 0.6) is 0 Å². The zero-order valence-corrected chi connectivity index (χ0v) is 18.5. The smallest absolute Gasteiger partial charge is 0.274 e. The van der Waals surface area contributed by atoms with Crippen LogP contribution in [0.25, 0.3) is 10.9 Å². The van der Waals surface area contributed by atoms with Crippen molar-refractivity contribution < 1.29 is 9.59 Å². The molecule has 2 saturated heterocycles. The molecule has 3 aliphatic heterocycles. The van der Waals surface area contributed by atoms with E-state index in [1.54, 1.807) is 18.3 Å². The highest BCUT2D eigenvalue weighted by molar-refractivity contribution is 5.97. The molecule has 3 atom stereocenters. The summed E-state index contributed by atoms with van der Waals surface area (Å²) in [5.74, 6) is 1.09. The minimum absolute atomic E-state index is 0.0348. The number of rotatable bonds is 2. The lowest BCUT2D eigenvalue weighted by molar-refractivity contribution is -0.141. The fourth-order valence-electron chi connectivity index (χ4n) is 5.79. The lowest BCUT2D eigenvalue weighted by Gasteiger charge is -2.42. The number of carbonyl (C=O) groups excluding carboxylic acids is 2. The summed E-state index contributed by atoms with van der Waals surface area (Å²) in [6.07, 6.45) is 8.46. The van der Waals surface area contributed by atoms with Crippen molar-refractivity contribution >= 4 is 22.7 Å². The zero-order chi connectivity index (χ0) is 22.7. The number of hydrogen-bond acceptors (Lipinski definition) is 5. The number of pyridine rings is 2. The fourth-order valence-corrected chi connectivity index (χ4v) is 5.79. The van der Waals surface area contributed by atoms with Gasteiger partial charge in [-0.3, -0.25) is 14.4 Å². The van der Waals surface area contributed by atoms with Crippen molar-refractivity contribution in [1.29, 1.82) is 0 Å². The highest BCUT2D eigenvalue weighted by Crippen LogP contribution is 2.34. The molecule has 6 rings (SSSR count). The van der Waals surface area contributed by atoms with E-state index in [2.05, 4.69) is 30.6 Å². The molecule has 2 fully saturated rings. The Bertz CT molecular complexity index is 1310. The van der Waals surface area contributed by atoms with Crippen molar-refractivity contribution in [2.24, 2.45) is 5.92 Å². The van der Waals surface area contributed by atoms with Crippen LogP contribution < -0.4 is 5.56 Å². The van der Waals surface area contributed by atoms with E-state index in [1.165, 1.54) is 6.20 Å². The molecule has 9 nitrogen and oxygen atoms in total. The van der Waals surface area contributed by atoms with Crippen molar-refractivity contribution in [3.05, 3.63) is 58.2 Å². The summed E-state index contributed by atoms with van der Waals surface area (Å²) >= 11 is 0. The third kappa shape index (κ3) is 3.34. The number of imidazole rings is 1. The predicted molar refractivity (Wildman–Crippen MR) is 121 cm³/mol. The first-order valence-electron chi connectivity index (χ1n) is 11.6. The van der Waals surface area contributed by atoms with E-state index in [9.17, 15) is 14.4 Å². The maximum absolute atomic E-state index is 13.5. The van der Waals surface area contributed by atoms with Crippen molar-refractivity contribution in [3.8, 4) is 0 Å². The number of likely N-dealkylation sites (tertiary alicyclic amines) is 1. The van der Waals surface area contributed by atoms with Gasteiger partial charge in [-0.15, -0.1) is 0 Å². The Kier molecular flexibility index (Phi) is 4.60. The van der Waals surface area contributed by atoms with Crippen molar-refractivity contribution in [2.45, 2.75) is 51.2 Å². The summed E-state index contributed by atoms with van der Waals surface area (Å²) in [6.45, 7) is 3.89. The van der Waals surface area contributed by atoms with Gasteiger partial charge in [-0.1, -0.05) is 0 Å². The SMILES string of the molecule is Cc1cn2c(n1)CC(C(=O)N1C3CCC1CN(C(=O)c1cnc4c(=O)[nH]ccc4c1)C3)CC2. The molecule has 3 aromatic rings. The van der Waals surface area contributed by atoms with Crippen LogP contribution in [-0.2, 0) is 17.8 Å². The molecule has 3 aromatic heterocycles. The average molecular weight is 447 g/mol. The number of nitrogens with one attached hydrogen (secondary N) is 1. The largest absolute Gasteiger partial charge is 0.335 e. The minimum Gasteiger partial charge on any atom is -0.335 e. The fraction of sp³-hybridized carbons (Fsp3) is 0.458. The van der Waals surface area contributed by atoms with Gasteiger partial charge in [0.1, 0.15) is 11.3 Å². The normalized spacial score (nSPS) is 24.2. The standard InChI is InChI=1S/C24H26N6O3/c1-14-11-28-7-5-16(9-20(28)27-14)24(33)30-18-2-3-19(30)13-29(12-18)23(32)17-8-15-4-6-25-22(31)21(15)26-10-17/h4,6,8,10-11,16,18-19H,2-3,5,7,9,12-13H2,1H3,(H,25,31). The minimum atomic E-state index is -0.267. The van der Waals surface area contributed by atoms with Crippen LogP contribution in [0.15, 0.2) is 35.5 Å². The maximum atomic E-state index is 13.5. The van der Waals surface area contributed by atoms with E-state index >= 15 is 0 Å². The topological polar surface area (TPSA) is 104 Å². The van der Waals surface area contributed by atoms with Crippen molar-refractivity contribution in [3.63, 3.8) is 0 Å². The molecule has 170 valence electrons. The third-order valence-corrected chi connectivity index (χ3v) is 7.36. The van der Waals surface area contributed by atoms with Gasteiger partial charge >= 0.3 is 0 Å². The van der Waals surface area contributed by atoms with Gasteiger partial charge in [0.2, 0.25) is 5.91 Å². The highest BCUT2D eigenvalue weighted by Gasteiger charge is 2.46. The number of nitrogens with zero attached hydrogens (tertiary/aromatic N) is 5. The number of fused-ring (bicyclic) bond motifs is 4. The quantitative estimate of drug-likeness (QED) is 0.643. The molecule has 3 aliphatic rings. The van der Waals surface area contributed by atoms with Gasteiger partial charge in [0, 0.05) is 68.0 Å². The van der Waals surface area contributed by atoms with E-state index in [-0.39, 0.29) is 35.4 Å². The van der Waals surface area contributed by atoms with Crippen LogP contribution in [0, 0.1) is 12.8 Å². The summed E-state index contributed by atoms with van der Waals surface area (Å²) in [6, 6.07) is 3.59. The highest BCUT2D eigenvalue weighted by atomic mass is 16.2. The Morgan fingerprint density at radius 3 is 2.73 bits per heavy atom. The van der Waals surface area contributed by atoms with Crippen LogP contribution in [0.4, 0.5) is 0 Å². The molecule has 2 amide bonds. The molecular weight excluding hydrogens is 420 g/mol. The first-order valence-corrected chi connectivity index (χ1v) is 11.6. The van der Waals surface area contributed by atoms with Crippen LogP contribution in [0.3, 0.4) is 0 Å². The number of carbonyl (C=O) groups is 2. The van der Waals surface area contributed by atoms with Gasteiger partial charge in [-0.2, -0.15) is 0 Å². The molecule has 33 heavy (non-hydrogen) atoms. The number of H-pyrrole nitrogens is 1. The maximum Gasteiger partial charge on any atom is 0.274 e.